The Morgan fingerprint density at radius 1 is 1.37 bits per heavy atom. The third-order valence-corrected chi connectivity index (χ3v) is 5.77. The maximum atomic E-state index is 12.3. The van der Waals surface area contributed by atoms with E-state index in [1.807, 2.05) is 0 Å². The highest BCUT2D eigenvalue weighted by molar-refractivity contribution is 7.87. The standard InChI is InChI=1S/C12H24N2O4S/c1-4-12(2,11(15)16)13-19(17,18)14(3)10-8-6-5-7-9-10/h10,13H,4-9H2,1-3H3,(H,15,16). The summed E-state index contributed by atoms with van der Waals surface area (Å²) in [5.74, 6) is -1.16. The predicted octanol–water partition coefficient (Wildman–Crippen LogP) is 1.34. The fraction of sp³-hybridized carbons (Fsp3) is 0.917. The Hall–Kier alpha value is -0.660. The van der Waals surface area contributed by atoms with Crippen LogP contribution >= 0.6 is 0 Å². The molecule has 1 atom stereocenters. The monoisotopic (exact) mass is 292 g/mol. The Balaban J connectivity index is 2.82. The molecule has 1 rings (SSSR count). The summed E-state index contributed by atoms with van der Waals surface area (Å²) >= 11 is 0. The number of carboxylic acids is 1. The molecule has 0 amide bonds. The minimum Gasteiger partial charge on any atom is -0.480 e. The van der Waals surface area contributed by atoms with Crippen LogP contribution in [0.15, 0.2) is 0 Å². The summed E-state index contributed by atoms with van der Waals surface area (Å²) in [5.41, 5.74) is -1.46. The van der Waals surface area contributed by atoms with Gasteiger partial charge in [-0.25, -0.2) is 0 Å². The minimum atomic E-state index is -3.77. The third kappa shape index (κ3) is 3.90. The molecule has 7 heteroatoms. The van der Waals surface area contributed by atoms with Gasteiger partial charge >= 0.3 is 5.97 Å². The number of carbonyl (C=O) groups is 1. The average molecular weight is 292 g/mol. The van der Waals surface area contributed by atoms with Gasteiger partial charge in [-0.3, -0.25) is 4.79 Å². The summed E-state index contributed by atoms with van der Waals surface area (Å²) in [7, 11) is -2.25. The molecule has 0 aromatic heterocycles. The molecule has 1 fully saturated rings. The van der Waals surface area contributed by atoms with Gasteiger partial charge in [0.05, 0.1) is 0 Å². The first-order valence-electron chi connectivity index (χ1n) is 6.73. The zero-order valence-corrected chi connectivity index (χ0v) is 12.7. The first-order valence-corrected chi connectivity index (χ1v) is 8.17. The molecular formula is C12H24N2O4S. The summed E-state index contributed by atoms with van der Waals surface area (Å²) in [6.45, 7) is 3.04. The number of hydrogen-bond acceptors (Lipinski definition) is 3. The lowest BCUT2D eigenvalue weighted by atomic mass is 9.96. The van der Waals surface area contributed by atoms with Crippen LogP contribution < -0.4 is 4.72 Å². The van der Waals surface area contributed by atoms with Crippen LogP contribution in [0.4, 0.5) is 0 Å². The first kappa shape index (κ1) is 16.4. The summed E-state index contributed by atoms with van der Waals surface area (Å²) in [6.07, 6.45) is 5.06. The highest BCUT2D eigenvalue weighted by atomic mass is 32.2. The van der Waals surface area contributed by atoms with Crippen LogP contribution in [0.25, 0.3) is 0 Å². The van der Waals surface area contributed by atoms with E-state index in [1.54, 1.807) is 6.92 Å². The number of nitrogens with zero attached hydrogens (tertiary/aromatic N) is 1. The molecule has 1 aliphatic rings. The zero-order chi connectivity index (χ0) is 14.7. The van der Waals surface area contributed by atoms with Crippen molar-refractivity contribution < 1.29 is 18.3 Å². The van der Waals surface area contributed by atoms with Gasteiger partial charge in [-0.05, 0) is 26.2 Å². The van der Waals surface area contributed by atoms with Crippen LogP contribution in [0.1, 0.15) is 52.4 Å². The van der Waals surface area contributed by atoms with Crippen molar-refractivity contribution in [1.82, 2.24) is 9.03 Å². The SMILES string of the molecule is CCC(C)(NS(=O)(=O)N(C)C1CCCCC1)C(=O)O. The van der Waals surface area contributed by atoms with E-state index in [0.29, 0.717) is 0 Å². The number of hydrogen-bond donors (Lipinski definition) is 2. The van der Waals surface area contributed by atoms with Gasteiger partial charge in [0.2, 0.25) is 0 Å². The van der Waals surface area contributed by atoms with Crippen molar-refractivity contribution in [3.8, 4) is 0 Å². The molecule has 0 aromatic rings. The van der Waals surface area contributed by atoms with Crippen molar-refractivity contribution in [3.63, 3.8) is 0 Å². The largest absolute Gasteiger partial charge is 0.480 e. The Bertz CT molecular complexity index is 417. The van der Waals surface area contributed by atoms with E-state index >= 15 is 0 Å². The summed E-state index contributed by atoms with van der Waals surface area (Å²) in [4.78, 5) is 11.2. The van der Waals surface area contributed by atoms with E-state index in [9.17, 15) is 13.2 Å². The smallest absolute Gasteiger partial charge is 0.324 e. The van der Waals surface area contributed by atoms with Gasteiger partial charge in [-0.2, -0.15) is 17.4 Å². The van der Waals surface area contributed by atoms with Gasteiger partial charge in [0.15, 0.2) is 0 Å². The van der Waals surface area contributed by atoms with Gasteiger partial charge < -0.3 is 5.11 Å². The average Bonchev–Trinajstić information content (AvgIpc) is 2.38. The van der Waals surface area contributed by atoms with Crippen LogP contribution in [0, 0.1) is 0 Å². The molecule has 0 heterocycles. The molecule has 19 heavy (non-hydrogen) atoms. The fourth-order valence-electron chi connectivity index (χ4n) is 2.26. The van der Waals surface area contributed by atoms with Crippen LogP contribution in [-0.2, 0) is 15.0 Å². The van der Waals surface area contributed by atoms with Crippen LogP contribution in [0.2, 0.25) is 0 Å². The second-order valence-corrected chi connectivity index (χ2v) is 7.14. The molecule has 2 N–H and O–H groups in total. The molecule has 0 saturated heterocycles. The van der Waals surface area contributed by atoms with Gasteiger partial charge in [0, 0.05) is 13.1 Å². The highest BCUT2D eigenvalue weighted by Crippen LogP contribution is 2.24. The normalized spacial score (nSPS) is 21.3. The van der Waals surface area contributed by atoms with Crippen LogP contribution in [0.3, 0.4) is 0 Å². The van der Waals surface area contributed by atoms with E-state index in [4.69, 9.17) is 5.11 Å². The second kappa shape index (κ2) is 6.19. The molecule has 0 bridgehead atoms. The van der Waals surface area contributed by atoms with E-state index in [1.165, 1.54) is 18.3 Å². The first-order chi connectivity index (χ1) is 8.73. The van der Waals surface area contributed by atoms with Crippen molar-refractivity contribution in [3.05, 3.63) is 0 Å². The zero-order valence-electron chi connectivity index (χ0n) is 11.8. The predicted molar refractivity (Wildman–Crippen MR) is 73.0 cm³/mol. The van der Waals surface area contributed by atoms with Crippen LogP contribution in [0.5, 0.6) is 0 Å². The Morgan fingerprint density at radius 2 is 1.89 bits per heavy atom. The van der Waals surface area contributed by atoms with Crippen molar-refractivity contribution >= 4 is 16.2 Å². The topological polar surface area (TPSA) is 86.7 Å². The maximum Gasteiger partial charge on any atom is 0.324 e. The second-order valence-electron chi connectivity index (χ2n) is 5.41. The van der Waals surface area contributed by atoms with Gasteiger partial charge in [0.1, 0.15) is 5.54 Å². The van der Waals surface area contributed by atoms with Gasteiger partial charge in [0.25, 0.3) is 10.2 Å². The lowest BCUT2D eigenvalue weighted by molar-refractivity contribution is -0.143. The van der Waals surface area contributed by atoms with Crippen molar-refractivity contribution in [2.24, 2.45) is 0 Å². The number of rotatable bonds is 6. The number of aliphatic carboxylic acids is 1. The maximum absolute atomic E-state index is 12.3. The van der Waals surface area contributed by atoms with Gasteiger partial charge in [-0.1, -0.05) is 26.2 Å². The van der Waals surface area contributed by atoms with Crippen molar-refractivity contribution in [1.29, 1.82) is 0 Å². The summed E-state index contributed by atoms with van der Waals surface area (Å²) in [6, 6.07) is -0.0267. The molecule has 112 valence electrons. The quantitative estimate of drug-likeness (QED) is 0.773. The molecule has 6 nitrogen and oxygen atoms in total. The molecule has 1 unspecified atom stereocenters. The fourth-order valence-corrected chi connectivity index (χ4v) is 3.81. The number of nitrogens with one attached hydrogen (secondary N) is 1. The molecule has 1 saturated carbocycles. The van der Waals surface area contributed by atoms with E-state index in [0.717, 1.165) is 32.1 Å². The van der Waals surface area contributed by atoms with Crippen LogP contribution in [-0.4, -0.2) is 42.4 Å². The van der Waals surface area contributed by atoms with E-state index in [-0.39, 0.29) is 12.5 Å². The van der Waals surface area contributed by atoms with Crippen molar-refractivity contribution in [2.45, 2.75) is 64.0 Å². The molecule has 0 spiro atoms. The van der Waals surface area contributed by atoms with Crippen molar-refractivity contribution in [2.75, 3.05) is 7.05 Å². The number of carboxylic acid groups (broad SMARTS) is 1. The van der Waals surface area contributed by atoms with E-state index in [2.05, 4.69) is 4.72 Å². The Labute approximate surface area is 115 Å². The molecular weight excluding hydrogens is 268 g/mol. The lowest BCUT2D eigenvalue weighted by Crippen LogP contribution is -2.56. The Kier molecular flexibility index (Phi) is 5.34. The van der Waals surface area contributed by atoms with Gasteiger partial charge in [-0.15, -0.1) is 0 Å². The molecule has 0 radical (unpaired) electrons. The lowest BCUT2D eigenvalue weighted by Gasteiger charge is -2.33. The van der Waals surface area contributed by atoms with E-state index < -0.39 is 21.7 Å². The Morgan fingerprint density at radius 3 is 2.32 bits per heavy atom. The third-order valence-electron chi connectivity index (χ3n) is 4.00. The molecule has 0 aromatic carbocycles. The molecule has 1 aliphatic carbocycles. The highest BCUT2D eigenvalue weighted by Gasteiger charge is 2.38. The minimum absolute atomic E-state index is 0.0267. The molecule has 0 aliphatic heterocycles. The summed E-state index contributed by atoms with van der Waals surface area (Å²) < 4.78 is 28.1. The summed E-state index contributed by atoms with van der Waals surface area (Å²) in [5, 5.41) is 9.14.